The molecule has 0 radical (unpaired) electrons. The molecular formula is C12H25NO6. The average Bonchev–Trinajstić information content (AvgIpc) is 2.12. The van der Waals surface area contributed by atoms with E-state index < -0.39 is 30.0 Å². The van der Waals surface area contributed by atoms with Gasteiger partial charge in [0.2, 0.25) is 11.8 Å². The van der Waals surface area contributed by atoms with Crippen molar-refractivity contribution < 1.29 is 34.9 Å². The second-order valence-corrected chi connectivity index (χ2v) is 5.98. The number of hydrogen-bond acceptors (Lipinski definition) is 5. The molecule has 7 heteroatoms. The van der Waals surface area contributed by atoms with Crippen molar-refractivity contribution in [2.45, 2.75) is 38.5 Å². The molecule has 19 heavy (non-hydrogen) atoms. The fourth-order valence-corrected chi connectivity index (χ4v) is 1.74. The summed E-state index contributed by atoms with van der Waals surface area (Å²) in [7, 11) is 4.69. The Morgan fingerprint density at radius 2 is 1.68 bits per heavy atom. The second-order valence-electron chi connectivity index (χ2n) is 5.98. The lowest BCUT2D eigenvalue weighted by Crippen LogP contribution is -2.64. The van der Waals surface area contributed by atoms with Crippen molar-refractivity contribution in [3.63, 3.8) is 0 Å². The number of hydrogen-bond donors (Lipinski definition) is 2. The summed E-state index contributed by atoms with van der Waals surface area (Å²) in [6.07, 6.45) is -2.43. The number of aliphatic hydroxyl groups is 2. The molecule has 0 aliphatic carbocycles. The summed E-state index contributed by atoms with van der Waals surface area (Å²) in [4.78, 5) is 22.7. The number of Topliss-reactive ketones (excluding diaryl/α,β-unsaturated/α-hetero) is 1. The summed E-state index contributed by atoms with van der Waals surface area (Å²) in [5.41, 5.74) is -2.32. The first-order valence-electron chi connectivity index (χ1n) is 5.86. The van der Waals surface area contributed by atoms with E-state index in [4.69, 9.17) is 0 Å². The van der Waals surface area contributed by atoms with Crippen molar-refractivity contribution in [2.24, 2.45) is 5.92 Å². The minimum absolute atomic E-state index is 0. The maximum absolute atomic E-state index is 12.0. The van der Waals surface area contributed by atoms with Crippen molar-refractivity contribution in [1.82, 2.24) is 0 Å². The number of aliphatic carboxylic acids is 1. The molecule has 114 valence electrons. The quantitative estimate of drug-likeness (QED) is 0.399. The van der Waals surface area contributed by atoms with Gasteiger partial charge in [-0.25, -0.2) is 0 Å². The van der Waals surface area contributed by atoms with Gasteiger partial charge in [0.1, 0.15) is 0 Å². The first-order valence-corrected chi connectivity index (χ1v) is 5.86. The van der Waals surface area contributed by atoms with Crippen LogP contribution in [0.25, 0.3) is 0 Å². The third-order valence-corrected chi connectivity index (χ3v) is 2.65. The fourth-order valence-electron chi connectivity index (χ4n) is 1.74. The van der Waals surface area contributed by atoms with Gasteiger partial charge in [0.25, 0.3) is 0 Å². The number of carbonyl (C=O) groups excluding carboxylic acids is 2. The van der Waals surface area contributed by atoms with Crippen LogP contribution in [0.15, 0.2) is 0 Å². The predicted octanol–water partition coefficient (Wildman–Crippen LogP) is -2.33. The van der Waals surface area contributed by atoms with E-state index in [-0.39, 0.29) is 22.3 Å². The molecule has 4 N–H and O–H groups in total. The van der Waals surface area contributed by atoms with Crippen molar-refractivity contribution in [3.05, 3.63) is 0 Å². The van der Waals surface area contributed by atoms with E-state index in [0.717, 1.165) is 0 Å². The van der Waals surface area contributed by atoms with E-state index in [0.29, 0.717) is 0 Å². The summed E-state index contributed by atoms with van der Waals surface area (Å²) in [5.74, 6) is -2.28. The van der Waals surface area contributed by atoms with Crippen LogP contribution in [0.2, 0.25) is 0 Å². The second kappa shape index (κ2) is 6.95. The van der Waals surface area contributed by atoms with Crippen LogP contribution in [-0.4, -0.2) is 64.9 Å². The molecule has 0 saturated heterocycles. The maximum atomic E-state index is 12.0. The predicted molar refractivity (Wildman–Crippen MR) is 66.7 cm³/mol. The van der Waals surface area contributed by atoms with E-state index in [1.54, 1.807) is 35.0 Å². The Bertz CT molecular complexity index is 323. The highest BCUT2D eigenvalue weighted by atomic mass is 16.4. The number of carboxylic acids is 1. The molecule has 0 heterocycles. The van der Waals surface area contributed by atoms with Gasteiger partial charge in [-0.15, -0.1) is 0 Å². The molecular weight excluding hydrogens is 254 g/mol. The fraction of sp³-hybridized carbons (Fsp3) is 0.833. The Kier molecular flexibility index (Phi) is 7.42. The standard InChI is InChI=1S/C12H23NO5.H2O/c1-8(2)6-9(14)12(18,7-10(15)16)11(17)13(3,4)5;/h8,11,17-18H,6-7H2,1-5H3;1H2. The molecule has 0 bridgehead atoms. The molecule has 2 unspecified atom stereocenters. The third-order valence-electron chi connectivity index (χ3n) is 2.65. The van der Waals surface area contributed by atoms with Gasteiger partial charge in [0.15, 0.2) is 5.78 Å². The number of quaternary nitrogens is 1. The number of carbonyl (C=O) groups is 2. The number of carboxylic acid groups (broad SMARTS) is 1. The zero-order chi connectivity index (χ0) is 14.7. The summed E-state index contributed by atoms with van der Waals surface area (Å²) in [6, 6.07) is 0. The van der Waals surface area contributed by atoms with Gasteiger partial charge in [-0.1, -0.05) is 13.8 Å². The number of rotatable bonds is 7. The molecule has 0 aromatic carbocycles. The first-order chi connectivity index (χ1) is 7.91. The van der Waals surface area contributed by atoms with Crippen molar-refractivity contribution in [1.29, 1.82) is 0 Å². The molecule has 7 nitrogen and oxygen atoms in total. The Labute approximate surface area is 113 Å². The molecule has 0 rings (SSSR count). The monoisotopic (exact) mass is 279 g/mol. The van der Waals surface area contributed by atoms with Gasteiger partial charge in [-0.05, 0) is 5.92 Å². The highest BCUT2D eigenvalue weighted by Crippen LogP contribution is 2.24. The largest absolute Gasteiger partial charge is 0.550 e. The van der Waals surface area contributed by atoms with Gasteiger partial charge in [0, 0.05) is 18.8 Å². The third kappa shape index (κ3) is 5.65. The Balaban J connectivity index is 0. The lowest BCUT2D eigenvalue weighted by molar-refractivity contribution is -0.925. The minimum Gasteiger partial charge on any atom is -0.550 e. The topological polar surface area (TPSA) is 129 Å². The lowest BCUT2D eigenvalue weighted by Gasteiger charge is -2.40. The van der Waals surface area contributed by atoms with Crippen molar-refractivity contribution in [2.75, 3.05) is 21.1 Å². The summed E-state index contributed by atoms with van der Waals surface area (Å²) in [6.45, 7) is 3.55. The van der Waals surface area contributed by atoms with Crippen LogP contribution in [0.5, 0.6) is 0 Å². The van der Waals surface area contributed by atoms with E-state index in [1.807, 2.05) is 0 Å². The Morgan fingerprint density at radius 3 is 1.95 bits per heavy atom. The van der Waals surface area contributed by atoms with Crippen LogP contribution >= 0.6 is 0 Å². The number of nitrogens with zero attached hydrogens (tertiary/aromatic N) is 1. The molecule has 0 fully saturated rings. The number of likely N-dealkylation sites (N-methyl/N-ethyl adjacent to an activating group) is 1. The summed E-state index contributed by atoms with van der Waals surface area (Å²) >= 11 is 0. The Morgan fingerprint density at radius 1 is 1.26 bits per heavy atom. The van der Waals surface area contributed by atoms with E-state index >= 15 is 0 Å². The summed E-state index contributed by atoms with van der Waals surface area (Å²) < 4.78 is -0.145. The van der Waals surface area contributed by atoms with Gasteiger partial charge in [-0.3, -0.25) is 4.79 Å². The van der Waals surface area contributed by atoms with Gasteiger partial charge in [-0.2, -0.15) is 0 Å². The lowest BCUT2D eigenvalue weighted by atomic mass is 9.86. The molecule has 0 spiro atoms. The number of ketones is 1. The molecule has 0 aliphatic heterocycles. The van der Waals surface area contributed by atoms with Gasteiger partial charge < -0.3 is 30.1 Å². The van der Waals surface area contributed by atoms with Gasteiger partial charge in [0.05, 0.1) is 21.1 Å². The molecule has 0 amide bonds. The SMILES string of the molecule is CC(C)CC(=O)C(O)(CC(=O)[O-])C(O)[N+](C)(C)C.O. The molecule has 0 aromatic heterocycles. The Hall–Kier alpha value is -1.02. The normalized spacial score (nSPS) is 16.4. The maximum Gasteiger partial charge on any atom is 0.227 e. The van der Waals surface area contributed by atoms with Crippen LogP contribution < -0.4 is 5.11 Å². The highest BCUT2D eigenvalue weighted by Gasteiger charge is 2.49. The first kappa shape index (κ1) is 20.3. The van der Waals surface area contributed by atoms with Crippen LogP contribution in [0.3, 0.4) is 0 Å². The van der Waals surface area contributed by atoms with Crippen molar-refractivity contribution in [3.8, 4) is 0 Å². The highest BCUT2D eigenvalue weighted by molar-refractivity contribution is 5.91. The van der Waals surface area contributed by atoms with Crippen LogP contribution in [0.1, 0.15) is 26.7 Å². The average molecular weight is 279 g/mol. The summed E-state index contributed by atoms with van der Waals surface area (Å²) in [5, 5.41) is 31.0. The zero-order valence-electron chi connectivity index (χ0n) is 12.1. The van der Waals surface area contributed by atoms with E-state index in [2.05, 4.69) is 0 Å². The molecule has 0 aromatic rings. The van der Waals surface area contributed by atoms with Gasteiger partial charge >= 0.3 is 0 Å². The van der Waals surface area contributed by atoms with Crippen LogP contribution in [-0.2, 0) is 9.59 Å². The zero-order valence-corrected chi connectivity index (χ0v) is 12.1. The molecule has 0 aliphatic rings. The van der Waals surface area contributed by atoms with Crippen LogP contribution in [0.4, 0.5) is 0 Å². The van der Waals surface area contributed by atoms with E-state index in [1.165, 1.54) is 0 Å². The number of aliphatic hydroxyl groups excluding tert-OH is 1. The molecule has 0 saturated carbocycles. The molecule has 2 atom stereocenters. The van der Waals surface area contributed by atoms with Crippen LogP contribution in [0, 0.1) is 5.92 Å². The van der Waals surface area contributed by atoms with Crippen molar-refractivity contribution >= 4 is 11.8 Å². The minimum atomic E-state index is -2.32. The van der Waals surface area contributed by atoms with E-state index in [9.17, 15) is 24.9 Å². The smallest absolute Gasteiger partial charge is 0.227 e.